The van der Waals surface area contributed by atoms with Crippen LogP contribution in [0.15, 0.2) is 97.1 Å². The topological polar surface area (TPSA) is 249 Å². The number of nitrogens with zero attached hydrogens (tertiary/aromatic N) is 2. The Morgan fingerprint density at radius 3 is 1.50 bits per heavy atom. The highest BCUT2D eigenvalue weighted by Crippen LogP contribution is 2.24. The van der Waals surface area contributed by atoms with Gasteiger partial charge in [0.2, 0.25) is 0 Å². The van der Waals surface area contributed by atoms with Gasteiger partial charge in [-0.2, -0.15) is 0 Å². The van der Waals surface area contributed by atoms with E-state index in [2.05, 4.69) is 34.3 Å². The molecule has 2 saturated heterocycles. The van der Waals surface area contributed by atoms with Crippen LogP contribution >= 0.6 is 0 Å². The van der Waals surface area contributed by atoms with E-state index in [1.165, 1.54) is 42.0 Å². The normalized spacial score (nSPS) is 17.0. The number of ether oxygens (including phenoxy) is 6. The number of rotatable bonds is 20. The van der Waals surface area contributed by atoms with Crippen molar-refractivity contribution in [3.63, 3.8) is 0 Å². The zero-order chi connectivity index (χ0) is 57.0. The summed E-state index contributed by atoms with van der Waals surface area (Å²) in [6, 6.07) is 28.2. The van der Waals surface area contributed by atoms with Crippen molar-refractivity contribution in [2.45, 2.75) is 95.7 Å². The fraction of sp³-hybridized carbons (Fsp3) is 0.424. The van der Waals surface area contributed by atoms with Crippen LogP contribution < -0.4 is 10.6 Å². The lowest BCUT2D eigenvalue weighted by Gasteiger charge is -2.36. The second-order valence-corrected chi connectivity index (χ2v) is 19.2. The van der Waals surface area contributed by atoms with Crippen LogP contribution in [0.1, 0.15) is 101 Å². The molecule has 2 aliphatic rings. The molecule has 78 heavy (non-hydrogen) atoms. The van der Waals surface area contributed by atoms with Crippen molar-refractivity contribution in [2.24, 2.45) is 0 Å². The van der Waals surface area contributed by atoms with E-state index < -0.39 is 71.2 Å². The largest absolute Gasteiger partial charge is 0.388 e. The number of likely N-dealkylation sites (N-methyl/N-ethyl adjacent to an activating group) is 4. The minimum Gasteiger partial charge on any atom is -0.388 e. The molecule has 4 aromatic rings. The van der Waals surface area contributed by atoms with Crippen LogP contribution in [-0.4, -0.2) is 164 Å². The van der Waals surface area contributed by atoms with Gasteiger partial charge in [0, 0.05) is 68.2 Å². The first-order chi connectivity index (χ1) is 37.1. The molecule has 2 fully saturated rings. The highest BCUT2D eigenvalue weighted by molar-refractivity contribution is 6.15. The van der Waals surface area contributed by atoms with Gasteiger partial charge in [-0.3, -0.25) is 28.8 Å². The van der Waals surface area contributed by atoms with Crippen molar-refractivity contribution >= 4 is 35.2 Å². The second-order valence-electron chi connectivity index (χ2n) is 19.2. The molecular formula is C59H70N4O15. The van der Waals surface area contributed by atoms with Crippen molar-refractivity contribution in [1.82, 2.24) is 20.4 Å². The number of hydrogen-bond acceptors (Lipinski definition) is 15. The Hall–Kier alpha value is -7.14. The molecule has 2 aliphatic heterocycles. The lowest BCUT2D eigenvalue weighted by atomic mass is 9.92. The fourth-order valence-corrected chi connectivity index (χ4v) is 8.00. The van der Waals surface area contributed by atoms with Gasteiger partial charge in [0.05, 0.1) is 33.0 Å². The van der Waals surface area contributed by atoms with Gasteiger partial charge in [-0.05, 0) is 131 Å². The minimum absolute atomic E-state index is 0.0684. The van der Waals surface area contributed by atoms with E-state index in [4.69, 9.17) is 38.6 Å². The van der Waals surface area contributed by atoms with Crippen molar-refractivity contribution in [2.75, 3.05) is 67.8 Å². The third-order valence-corrected chi connectivity index (χ3v) is 13.1. The maximum atomic E-state index is 13.4. The zero-order valence-electron chi connectivity index (χ0n) is 45.4. The van der Waals surface area contributed by atoms with E-state index in [1.54, 1.807) is 48.5 Å². The van der Waals surface area contributed by atoms with Crippen LogP contribution in [0.25, 0.3) is 0 Å². The molecule has 0 saturated carbocycles. The van der Waals surface area contributed by atoms with Crippen molar-refractivity contribution in [1.29, 1.82) is 0 Å². The Labute approximate surface area is 455 Å². The van der Waals surface area contributed by atoms with Crippen LogP contribution in [0.3, 0.4) is 0 Å². The van der Waals surface area contributed by atoms with Crippen molar-refractivity contribution in [3.8, 4) is 23.7 Å². The molecule has 0 spiro atoms. The molecule has 6 rings (SSSR count). The smallest absolute Gasteiger partial charge is 0.254 e. The lowest BCUT2D eigenvalue weighted by molar-refractivity contribution is -0.174. The van der Waals surface area contributed by atoms with Gasteiger partial charge < -0.3 is 64.2 Å². The average molecular weight is 1080 g/mol. The summed E-state index contributed by atoms with van der Waals surface area (Å²) in [6.07, 6.45) is 0.505. The number of amides is 4. The monoisotopic (exact) mass is 1070 g/mol. The maximum absolute atomic E-state index is 13.4. The summed E-state index contributed by atoms with van der Waals surface area (Å²) >= 11 is 0. The second kappa shape index (κ2) is 29.0. The average Bonchev–Trinajstić information content (AvgIpc) is 3.85. The Morgan fingerprint density at radius 2 is 1.12 bits per heavy atom. The minimum atomic E-state index is -1.85. The summed E-state index contributed by atoms with van der Waals surface area (Å²) in [6.45, 7) is 7.36. The first kappa shape index (κ1) is 61.7. The standard InChI is InChI=1S/C34H42N2O8.C25H28N2O7/c1-33(2)43-22-28(44-33)21-40-20-26-13-11-24(12-14-26)9-10-25-15-17-27(18-16-25)31(38)36(5)34(3,32(39)35-4)29(37)23-42-30-8-6-7-19-41-30;1-25(21(29)14-28,24(33)26-2)27(3)23(32)20-12-10-18(11-13-20)5-4-17-6-8-19(9-7-17)15-34-16-22(30)31/h11-18,28,30H,6-8,19-23H2,1-5H3,(H,35,39);6-13,22,28,30-31H,14-16H2,1-3H3,(H,26,33)/t28?,30?,34-;25-/m11/s1. The summed E-state index contributed by atoms with van der Waals surface area (Å²) in [5.41, 5.74) is 1.80. The zero-order valence-corrected chi connectivity index (χ0v) is 45.4. The molecule has 416 valence electrons. The molecule has 0 radical (unpaired) electrons. The molecule has 2 heterocycles. The number of carbonyl (C=O) groups is 6. The summed E-state index contributed by atoms with van der Waals surface area (Å²) < 4.78 is 33.4. The molecule has 2 unspecified atom stereocenters. The van der Waals surface area contributed by atoms with Crippen LogP contribution in [-0.2, 0) is 60.8 Å². The SMILES string of the molecule is CNC(=O)[C@@](C)(C(=O)CO)N(C)C(=O)c1ccc(C#Cc2ccc(COCC(O)O)cc2)cc1.CNC(=O)[C@@](C)(C(=O)COC1CCCCO1)N(C)C(=O)c1ccc(C#Cc2ccc(COCC3COC(C)(C)O3)cc2)cc1. The third-order valence-electron chi connectivity index (χ3n) is 13.1. The van der Waals surface area contributed by atoms with E-state index in [1.807, 2.05) is 62.4 Å². The number of aliphatic hydroxyl groups is 3. The van der Waals surface area contributed by atoms with E-state index >= 15 is 0 Å². The molecule has 0 aromatic heterocycles. The van der Waals surface area contributed by atoms with E-state index in [0.29, 0.717) is 49.5 Å². The van der Waals surface area contributed by atoms with Crippen LogP contribution in [0.2, 0.25) is 0 Å². The molecule has 4 amide bonds. The Balaban J connectivity index is 0.000000298. The van der Waals surface area contributed by atoms with Gasteiger partial charge in [0.15, 0.2) is 41.0 Å². The van der Waals surface area contributed by atoms with E-state index in [9.17, 15) is 33.9 Å². The molecule has 0 bridgehead atoms. The van der Waals surface area contributed by atoms with Crippen molar-refractivity contribution in [3.05, 3.63) is 142 Å². The Bertz CT molecular complexity index is 2790. The first-order valence-corrected chi connectivity index (χ1v) is 25.3. The predicted octanol–water partition coefficient (Wildman–Crippen LogP) is 3.50. The highest BCUT2D eigenvalue weighted by atomic mass is 16.7. The Morgan fingerprint density at radius 1 is 0.679 bits per heavy atom. The summed E-state index contributed by atoms with van der Waals surface area (Å²) in [5, 5.41) is 31.7. The third kappa shape index (κ3) is 16.9. The van der Waals surface area contributed by atoms with Crippen molar-refractivity contribution < 1.29 is 72.5 Å². The van der Waals surface area contributed by atoms with Gasteiger partial charge in [-0.1, -0.05) is 47.9 Å². The van der Waals surface area contributed by atoms with E-state index in [0.717, 1.165) is 44.9 Å². The van der Waals surface area contributed by atoms with Crippen LogP contribution in [0.5, 0.6) is 0 Å². The maximum Gasteiger partial charge on any atom is 0.254 e. The number of hydrogen-bond donors (Lipinski definition) is 5. The lowest BCUT2D eigenvalue weighted by Crippen LogP contribution is -2.62. The van der Waals surface area contributed by atoms with Gasteiger partial charge in [0.25, 0.3) is 23.6 Å². The molecule has 4 aromatic carbocycles. The quantitative estimate of drug-likeness (QED) is 0.0483. The summed E-state index contributed by atoms with van der Waals surface area (Å²) in [7, 11) is 5.54. The number of aliphatic hydroxyl groups excluding tert-OH is 2. The van der Waals surface area contributed by atoms with Crippen LogP contribution in [0.4, 0.5) is 0 Å². The summed E-state index contributed by atoms with van der Waals surface area (Å²) in [5.74, 6) is 8.00. The molecule has 5 N–H and O–H groups in total. The molecule has 19 heteroatoms. The molecular weight excluding hydrogens is 1000 g/mol. The molecule has 4 atom stereocenters. The predicted molar refractivity (Wildman–Crippen MR) is 286 cm³/mol. The first-order valence-electron chi connectivity index (χ1n) is 25.3. The van der Waals surface area contributed by atoms with E-state index in [-0.39, 0.29) is 31.5 Å². The highest BCUT2D eigenvalue weighted by Gasteiger charge is 2.48. The molecule has 0 aliphatic carbocycles. The van der Waals surface area contributed by atoms with Gasteiger partial charge >= 0.3 is 0 Å². The number of Topliss-reactive ketones (excluding diaryl/α,β-unsaturated/α-hetero) is 2. The number of benzene rings is 4. The summed E-state index contributed by atoms with van der Waals surface area (Å²) in [4.78, 5) is 79.1. The van der Waals surface area contributed by atoms with Gasteiger partial charge in [-0.15, -0.1) is 0 Å². The number of carbonyl (C=O) groups excluding carboxylic acids is 6. The molecule has 19 nitrogen and oxygen atoms in total. The Kier molecular flexibility index (Phi) is 23.0. The van der Waals surface area contributed by atoms with Gasteiger partial charge in [0.1, 0.15) is 19.3 Å². The number of nitrogens with one attached hydrogen (secondary N) is 2. The number of ketones is 2. The fourth-order valence-electron chi connectivity index (χ4n) is 8.00. The van der Waals surface area contributed by atoms with Gasteiger partial charge in [-0.25, -0.2) is 0 Å². The van der Waals surface area contributed by atoms with Crippen LogP contribution in [0, 0.1) is 23.7 Å².